The van der Waals surface area contributed by atoms with E-state index in [9.17, 15) is 14.0 Å². The van der Waals surface area contributed by atoms with Crippen molar-refractivity contribution in [2.45, 2.75) is 13.8 Å². The third kappa shape index (κ3) is 4.08. The lowest BCUT2D eigenvalue weighted by Crippen LogP contribution is -2.27. The third-order valence-corrected chi connectivity index (χ3v) is 3.90. The Morgan fingerprint density at radius 1 is 1.04 bits per heavy atom. The van der Waals surface area contributed by atoms with E-state index in [1.165, 1.54) is 24.3 Å². The topological polar surface area (TPSA) is 74.0 Å². The number of aromatic nitrogens is 1. The first-order valence-corrected chi connectivity index (χ1v) is 8.40. The van der Waals surface area contributed by atoms with Crippen LogP contribution in [0.2, 0.25) is 0 Å². The van der Waals surface area contributed by atoms with Crippen molar-refractivity contribution < 1.29 is 14.0 Å². The maximum absolute atomic E-state index is 13.0. The molecule has 5 nitrogen and oxygen atoms in total. The fourth-order valence-electron chi connectivity index (χ4n) is 2.53. The summed E-state index contributed by atoms with van der Waals surface area (Å²) in [5.74, 6) is -0.503. The Balaban J connectivity index is 1.75. The molecule has 26 heavy (non-hydrogen) atoms. The summed E-state index contributed by atoms with van der Waals surface area (Å²) in [6.45, 7) is 4.66. The minimum atomic E-state index is -0.390. The SMILES string of the molecule is CC(C)CNC(=O)c1cc2cc(NC(=O)c3ccc(F)cc3)ccc2[nH]1. The second kappa shape index (κ2) is 7.39. The molecule has 0 aliphatic heterocycles. The molecule has 0 unspecified atom stereocenters. The molecule has 2 amide bonds. The van der Waals surface area contributed by atoms with Gasteiger partial charge in [0.15, 0.2) is 0 Å². The second-order valence-electron chi connectivity index (χ2n) is 6.55. The predicted octanol–water partition coefficient (Wildman–Crippen LogP) is 3.95. The molecule has 1 heterocycles. The van der Waals surface area contributed by atoms with Crippen molar-refractivity contribution in [3.05, 3.63) is 65.6 Å². The minimum absolute atomic E-state index is 0.160. The van der Waals surface area contributed by atoms with Crippen molar-refractivity contribution in [1.29, 1.82) is 0 Å². The van der Waals surface area contributed by atoms with E-state index in [0.717, 1.165) is 10.9 Å². The van der Waals surface area contributed by atoms with Crippen LogP contribution in [0.4, 0.5) is 10.1 Å². The summed E-state index contributed by atoms with van der Waals surface area (Å²) in [6, 6.07) is 12.4. The monoisotopic (exact) mass is 353 g/mol. The van der Waals surface area contributed by atoms with Crippen LogP contribution in [0.3, 0.4) is 0 Å². The van der Waals surface area contributed by atoms with E-state index in [1.807, 2.05) is 13.8 Å². The number of hydrogen-bond acceptors (Lipinski definition) is 2. The molecule has 134 valence electrons. The molecule has 0 radical (unpaired) electrons. The van der Waals surface area contributed by atoms with Crippen LogP contribution in [0.5, 0.6) is 0 Å². The summed E-state index contributed by atoms with van der Waals surface area (Å²) in [5, 5.41) is 6.45. The number of nitrogens with one attached hydrogen (secondary N) is 3. The number of amides is 2. The van der Waals surface area contributed by atoms with Crippen molar-refractivity contribution in [3.8, 4) is 0 Å². The highest BCUT2D eigenvalue weighted by atomic mass is 19.1. The molecule has 0 spiro atoms. The summed E-state index contributed by atoms with van der Waals surface area (Å²) >= 11 is 0. The highest BCUT2D eigenvalue weighted by molar-refractivity contribution is 6.05. The van der Waals surface area contributed by atoms with E-state index in [4.69, 9.17) is 0 Å². The van der Waals surface area contributed by atoms with Crippen molar-refractivity contribution in [3.63, 3.8) is 0 Å². The van der Waals surface area contributed by atoms with E-state index >= 15 is 0 Å². The molecule has 0 aliphatic carbocycles. The van der Waals surface area contributed by atoms with Crippen LogP contribution in [-0.2, 0) is 0 Å². The molecule has 0 aliphatic rings. The van der Waals surface area contributed by atoms with Gasteiger partial charge in [0, 0.05) is 28.7 Å². The molecule has 0 saturated carbocycles. The average Bonchev–Trinajstić information content (AvgIpc) is 3.03. The van der Waals surface area contributed by atoms with Crippen molar-refractivity contribution >= 4 is 28.4 Å². The highest BCUT2D eigenvalue weighted by Gasteiger charge is 2.11. The molecule has 0 atom stereocenters. The van der Waals surface area contributed by atoms with Gasteiger partial charge in [0.25, 0.3) is 11.8 Å². The maximum atomic E-state index is 13.0. The molecular weight excluding hydrogens is 333 g/mol. The second-order valence-corrected chi connectivity index (χ2v) is 6.55. The standard InChI is InChI=1S/C20H20FN3O2/c1-12(2)11-22-20(26)18-10-14-9-16(7-8-17(14)24-18)23-19(25)13-3-5-15(21)6-4-13/h3-10,12,24H,11H2,1-2H3,(H,22,26)(H,23,25). The van der Waals surface area contributed by atoms with E-state index < -0.39 is 5.82 Å². The number of anilines is 1. The van der Waals surface area contributed by atoms with Gasteiger partial charge in [-0.3, -0.25) is 9.59 Å². The van der Waals surface area contributed by atoms with Crippen LogP contribution in [0.25, 0.3) is 10.9 Å². The van der Waals surface area contributed by atoms with Gasteiger partial charge in [0.2, 0.25) is 0 Å². The number of aromatic amines is 1. The maximum Gasteiger partial charge on any atom is 0.267 e. The van der Waals surface area contributed by atoms with Gasteiger partial charge in [0.05, 0.1) is 0 Å². The van der Waals surface area contributed by atoms with Gasteiger partial charge in [-0.05, 0) is 54.4 Å². The largest absolute Gasteiger partial charge is 0.351 e. The normalized spacial score (nSPS) is 10.9. The molecule has 3 rings (SSSR count). The van der Waals surface area contributed by atoms with Gasteiger partial charge in [-0.1, -0.05) is 13.8 Å². The van der Waals surface area contributed by atoms with Crippen LogP contribution in [-0.4, -0.2) is 23.3 Å². The summed E-state index contributed by atoms with van der Waals surface area (Å²) < 4.78 is 13.0. The van der Waals surface area contributed by atoms with Gasteiger partial charge in [-0.2, -0.15) is 0 Å². The lowest BCUT2D eigenvalue weighted by molar-refractivity contribution is 0.0944. The summed E-state index contributed by atoms with van der Waals surface area (Å²) in [5.41, 5.74) is 2.25. The van der Waals surface area contributed by atoms with Crippen LogP contribution in [0.15, 0.2) is 48.5 Å². The van der Waals surface area contributed by atoms with Crippen molar-refractivity contribution in [2.75, 3.05) is 11.9 Å². The molecular formula is C20H20FN3O2. The summed E-state index contributed by atoms with van der Waals surface area (Å²) in [4.78, 5) is 27.4. The van der Waals surface area contributed by atoms with Gasteiger partial charge in [0.1, 0.15) is 11.5 Å². The average molecular weight is 353 g/mol. The van der Waals surface area contributed by atoms with Gasteiger partial charge >= 0.3 is 0 Å². The summed E-state index contributed by atoms with van der Waals surface area (Å²) in [7, 11) is 0. The fraction of sp³-hybridized carbons (Fsp3) is 0.200. The lowest BCUT2D eigenvalue weighted by Gasteiger charge is -2.05. The smallest absolute Gasteiger partial charge is 0.267 e. The van der Waals surface area contributed by atoms with Gasteiger partial charge in [-0.25, -0.2) is 4.39 Å². The highest BCUT2D eigenvalue weighted by Crippen LogP contribution is 2.21. The fourth-order valence-corrected chi connectivity index (χ4v) is 2.53. The number of benzene rings is 2. The molecule has 2 aromatic carbocycles. The minimum Gasteiger partial charge on any atom is -0.351 e. The van der Waals surface area contributed by atoms with E-state index in [0.29, 0.717) is 29.4 Å². The van der Waals surface area contributed by atoms with Gasteiger partial charge in [-0.15, -0.1) is 0 Å². The first-order valence-electron chi connectivity index (χ1n) is 8.40. The van der Waals surface area contributed by atoms with Crippen molar-refractivity contribution in [2.24, 2.45) is 5.92 Å². The Morgan fingerprint density at radius 3 is 2.46 bits per heavy atom. The number of carbonyl (C=O) groups is 2. The van der Waals surface area contributed by atoms with E-state index in [2.05, 4.69) is 15.6 Å². The number of fused-ring (bicyclic) bond motifs is 1. The zero-order valence-electron chi connectivity index (χ0n) is 14.6. The first-order chi connectivity index (χ1) is 12.4. The quantitative estimate of drug-likeness (QED) is 0.650. The van der Waals surface area contributed by atoms with Crippen LogP contribution >= 0.6 is 0 Å². The molecule has 3 N–H and O–H groups in total. The Bertz CT molecular complexity index is 945. The predicted molar refractivity (Wildman–Crippen MR) is 99.8 cm³/mol. The number of halogens is 1. The summed E-state index contributed by atoms with van der Waals surface area (Å²) in [6.07, 6.45) is 0. The Kier molecular flexibility index (Phi) is 5.02. The number of rotatable bonds is 5. The molecule has 0 fully saturated rings. The zero-order chi connectivity index (χ0) is 18.7. The van der Waals surface area contributed by atoms with Crippen LogP contribution in [0.1, 0.15) is 34.7 Å². The Hall–Kier alpha value is -3.15. The first kappa shape index (κ1) is 17.7. The van der Waals surface area contributed by atoms with E-state index in [1.54, 1.807) is 24.3 Å². The van der Waals surface area contributed by atoms with Crippen molar-refractivity contribution in [1.82, 2.24) is 10.3 Å². The van der Waals surface area contributed by atoms with Crippen LogP contribution < -0.4 is 10.6 Å². The van der Waals surface area contributed by atoms with Crippen LogP contribution in [0, 0.1) is 11.7 Å². The molecule has 0 bridgehead atoms. The molecule has 1 aromatic heterocycles. The van der Waals surface area contributed by atoms with E-state index in [-0.39, 0.29) is 11.8 Å². The lowest BCUT2D eigenvalue weighted by atomic mass is 10.2. The molecule has 6 heteroatoms. The Labute approximate surface area is 150 Å². The zero-order valence-corrected chi connectivity index (χ0v) is 14.6. The van der Waals surface area contributed by atoms with Gasteiger partial charge < -0.3 is 15.6 Å². The third-order valence-electron chi connectivity index (χ3n) is 3.90. The molecule has 3 aromatic rings. The number of H-pyrrole nitrogens is 1. The Morgan fingerprint density at radius 2 is 1.77 bits per heavy atom. The molecule has 0 saturated heterocycles. The number of hydrogen-bond donors (Lipinski definition) is 3. The number of carbonyl (C=O) groups excluding carboxylic acids is 2.